The summed E-state index contributed by atoms with van der Waals surface area (Å²) in [4.78, 5) is 11.4. The Morgan fingerprint density at radius 1 is 1.44 bits per heavy atom. The Kier molecular flexibility index (Phi) is 3.22. The topological polar surface area (TPSA) is 26.3 Å². The van der Waals surface area contributed by atoms with Gasteiger partial charge >= 0.3 is 0 Å². The molecule has 0 radical (unpaired) electrons. The van der Waals surface area contributed by atoms with Crippen LogP contribution < -0.4 is 4.74 Å². The number of carbonyl (C=O) groups excluding carboxylic acids is 1. The van der Waals surface area contributed by atoms with Crippen molar-refractivity contribution in [3.8, 4) is 5.75 Å². The van der Waals surface area contributed by atoms with Gasteiger partial charge in [0.1, 0.15) is 17.3 Å². The van der Waals surface area contributed by atoms with Crippen molar-refractivity contribution in [2.75, 3.05) is 7.11 Å². The lowest BCUT2D eigenvalue weighted by Gasteiger charge is -2.22. The average Bonchev–Trinajstić information content (AvgIpc) is 2.29. The maximum Gasteiger partial charge on any atom is 0.133 e. The van der Waals surface area contributed by atoms with Crippen LogP contribution in [0.5, 0.6) is 5.75 Å². The highest BCUT2D eigenvalue weighted by Crippen LogP contribution is 2.36. The normalized spacial score (nSPS) is 20.9. The Balaban J connectivity index is 2.30. The van der Waals surface area contributed by atoms with E-state index in [1.807, 2.05) is 0 Å². The minimum atomic E-state index is -0.270. The van der Waals surface area contributed by atoms with E-state index < -0.39 is 0 Å². The van der Waals surface area contributed by atoms with Crippen LogP contribution in [0.1, 0.15) is 37.2 Å². The molecule has 1 aromatic carbocycles. The van der Waals surface area contributed by atoms with E-state index in [2.05, 4.69) is 0 Å². The fraction of sp³-hybridized carbons (Fsp3) is 0.462. The lowest BCUT2D eigenvalue weighted by atomic mass is 9.83. The van der Waals surface area contributed by atoms with Gasteiger partial charge in [0, 0.05) is 18.4 Å². The summed E-state index contributed by atoms with van der Waals surface area (Å²) in [5, 5.41) is 0. The molecule has 1 aromatic rings. The van der Waals surface area contributed by atoms with E-state index in [0.717, 1.165) is 18.4 Å². The van der Waals surface area contributed by atoms with Gasteiger partial charge in [-0.05, 0) is 37.0 Å². The third-order valence-electron chi connectivity index (χ3n) is 3.11. The van der Waals surface area contributed by atoms with Gasteiger partial charge in [0.25, 0.3) is 0 Å². The van der Waals surface area contributed by atoms with Gasteiger partial charge in [0.2, 0.25) is 0 Å². The summed E-state index contributed by atoms with van der Waals surface area (Å²) in [6, 6.07) is 4.50. The largest absolute Gasteiger partial charge is 0.496 e. The van der Waals surface area contributed by atoms with Gasteiger partial charge in [-0.15, -0.1) is 0 Å². The van der Waals surface area contributed by atoms with Gasteiger partial charge in [-0.3, -0.25) is 4.79 Å². The Labute approximate surface area is 94.4 Å². The molecule has 0 aliphatic heterocycles. The van der Waals surface area contributed by atoms with Crippen molar-refractivity contribution in [3.63, 3.8) is 0 Å². The number of carbonyl (C=O) groups is 1. The number of benzene rings is 1. The Morgan fingerprint density at radius 2 is 2.25 bits per heavy atom. The van der Waals surface area contributed by atoms with Gasteiger partial charge in [-0.2, -0.15) is 0 Å². The molecule has 0 amide bonds. The van der Waals surface area contributed by atoms with Crippen molar-refractivity contribution >= 4 is 5.78 Å². The van der Waals surface area contributed by atoms with Gasteiger partial charge in [0.15, 0.2) is 0 Å². The predicted molar refractivity (Wildman–Crippen MR) is 59.2 cm³/mol. The Morgan fingerprint density at radius 3 is 2.94 bits per heavy atom. The molecule has 0 bridgehead atoms. The van der Waals surface area contributed by atoms with Crippen molar-refractivity contribution in [2.45, 2.75) is 31.6 Å². The van der Waals surface area contributed by atoms with Crippen LogP contribution in [0.4, 0.5) is 4.39 Å². The minimum absolute atomic E-state index is 0.117. The number of hydrogen-bond donors (Lipinski definition) is 0. The third kappa shape index (κ3) is 2.23. The number of rotatable bonds is 2. The molecule has 1 saturated carbocycles. The van der Waals surface area contributed by atoms with Crippen molar-refractivity contribution in [1.29, 1.82) is 0 Å². The number of hydrogen-bond acceptors (Lipinski definition) is 2. The van der Waals surface area contributed by atoms with Gasteiger partial charge in [-0.1, -0.05) is 0 Å². The minimum Gasteiger partial charge on any atom is -0.496 e. The standard InChI is InChI=1S/C13H15FO2/c1-16-13-6-5-10(14)8-12(13)9-3-2-4-11(15)7-9/h5-6,8-9H,2-4,7H2,1H3. The van der Waals surface area contributed by atoms with Crippen LogP contribution in [0.15, 0.2) is 18.2 Å². The number of halogens is 1. The first kappa shape index (κ1) is 11.1. The maximum atomic E-state index is 13.2. The second-order valence-electron chi connectivity index (χ2n) is 4.22. The molecule has 0 saturated heterocycles. The summed E-state index contributed by atoms with van der Waals surface area (Å²) >= 11 is 0. The zero-order valence-corrected chi connectivity index (χ0v) is 9.33. The van der Waals surface area contributed by atoms with E-state index >= 15 is 0 Å². The van der Waals surface area contributed by atoms with E-state index in [-0.39, 0.29) is 17.5 Å². The molecular formula is C13H15FO2. The number of methoxy groups -OCH3 is 1. The van der Waals surface area contributed by atoms with Crippen molar-refractivity contribution in [2.24, 2.45) is 0 Å². The second kappa shape index (κ2) is 4.64. The highest BCUT2D eigenvalue weighted by atomic mass is 19.1. The molecule has 2 rings (SSSR count). The van der Waals surface area contributed by atoms with Gasteiger partial charge < -0.3 is 4.74 Å². The van der Waals surface area contributed by atoms with Gasteiger partial charge in [0.05, 0.1) is 7.11 Å². The molecule has 86 valence electrons. The van der Waals surface area contributed by atoms with E-state index in [1.165, 1.54) is 12.1 Å². The quantitative estimate of drug-likeness (QED) is 0.768. The first-order chi connectivity index (χ1) is 7.70. The van der Waals surface area contributed by atoms with E-state index in [1.54, 1.807) is 13.2 Å². The third-order valence-corrected chi connectivity index (χ3v) is 3.11. The van der Waals surface area contributed by atoms with Crippen LogP contribution in [0, 0.1) is 5.82 Å². The summed E-state index contributed by atoms with van der Waals surface area (Å²) in [5.74, 6) is 0.796. The first-order valence-corrected chi connectivity index (χ1v) is 5.56. The number of ether oxygens (including phenoxy) is 1. The lowest BCUT2D eigenvalue weighted by Crippen LogP contribution is -2.14. The maximum absolute atomic E-state index is 13.2. The molecule has 16 heavy (non-hydrogen) atoms. The molecule has 0 heterocycles. The van der Waals surface area contributed by atoms with E-state index in [9.17, 15) is 9.18 Å². The zero-order valence-electron chi connectivity index (χ0n) is 9.33. The average molecular weight is 222 g/mol. The molecule has 3 heteroatoms. The SMILES string of the molecule is COc1ccc(F)cc1C1CCCC(=O)C1. The van der Waals surface area contributed by atoms with E-state index in [0.29, 0.717) is 18.6 Å². The van der Waals surface area contributed by atoms with Gasteiger partial charge in [-0.25, -0.2) is 4.39 Å². The molecule has 0 N–H and O–H groups in total. The predicted octanol–water partition coefficient (Wildman–Crippen LogP) is 3.06. The molecule has 1 aliphatic carbocycles. The molecule has 0 spiro atoms. The monoisotopic (exact) mass is 222 g/mol. The second-order valence-corrected chi connectivity index (χ2v) is 4.22. The van der Waals surface area contributed by atoms with Crippen LogP contribution in [-0.4, -0.2) is 12.9 Å². The van der Waals surface area contributed by atoms with Crippen LogP contribution >= 0.6 is 0 Å². The Bertz CT molecular complexity index is 401. The summed E-state index contributed by atoms with van der Waals surface area (Å²) < 4.78 is 18.4. The summed E-state index contributed by atoms with van der Waals surface area (Å²) in [7, 11) is 1.57. The lowest BCUT2D eigenvalue weighted by molar-refractivity contribution is -0.120. The van der Waals surface area contributed by atoms with E-state index in [4.69, 9.17) is 4.74 Å². The van der Waals surface area contributed by atoms with Crippen LogP contribution in [0.3, 0.4) is 0 Å². The van der Waals surface area contributed by atoms with Crippen molar-refractivity contribution in [3.05, 3.63) is 29.6 Å². The summed E-state index contributed by atoms with van der Waals surface area (Å²) in [5.41, 5.74) is 0.829. The number of ketones is 1. The molecule has 1 atom stereocenters. The molecule has 1 unspecified atom stereocenters. The Hall–Kier alpha value is -1.38. The highest BCUT2D eigenvalue weighted by molar-refractivity contribution is 5.80. The highest BCUT2D eigenvalue weighted by Gasteiger charge is 2.23. The molecule has 0 aromatic heterocycles. The fourth-order valence-corrected chi connectivity index (χ4v) is 2.31. The zero-order chi connectivity index (χ0) is 11.5. The molecule has 1 aliphatic rings. The number of Topliss-reactive ketones (excluding diaryl/α,β-unsaturated/α-hetero) is 1. The van der Waals surface area contributed by atoms with Crippen LogP contribution in [0.2, 0.25) is 0 Å². The molecule has 1 fully saturated rings. The van der Waals surface area contributed by atoms with Crippen LogP contribution in [0.25, 0.3) is 0 Å². The smallest absolute Gasteiger partial charge is 0.133 e. The van der Waals surface area contributed by atoms with Crippen molar-refractivity contribution in [1.82, 2.24) is 0 Å². The summed E-state index contributed by atoms with van der Waals surface area (Å²) in [6.07, 6.45) is 3.00. The summed E-state index contributed by atoms with van der Waals surface area (Å²) in [6.45, 7) is 0. The van der Waals surface area contributed by atoms with Crippen LogP contribution in [-0.2, 0) is 4.79 Å². The molecular weight excluding hydrogens is 207 g/mol. The fourth-order valence-electron chi connectivity index (χ4n) is 2.31. The van der Waals surface area contributed by atoms with Crippen molar-refractivity contribution < 1.29 is 13.9 Å². The molecule has 2 nitrogen and oxygen atoms in total. The first-order valence-electron chi connectivity index (χ1n) is 5.56.